The molecule has 0 spiro atoms. The molecule has 0 N–H and O–H groups in total. The van der Waals surface area contributed by atoms with Gasteiger partial charge in [-0.3, -0.25) is 0 Å². The van der Waals surface area contributed by atoms with Gasteiger partial charge in [0.25, 0.3) is 0 Å². The Balaban J connectivity index is 1.48. The number of hydrogen-bond acceptors (Lipinski definition) is 3. The summed E-state index contributed by atoms with van der Waals surface area (Å²) in [6, 6.07) is 16.6. The molecule has 0 saturated carbocycles. The lowest BCUT2D eigenvalue weighted by Gasteiger charge is -2.32. The van der Waals surface area contributed by atoms with Crippen LogP contribution in [-0.4, -0.2) is 59.1 Å². The maximum atomic E-state index is 6.04. The number of para-hydroxylation sites is 2. The molecule has 1 saturated heterocycles. The second-order valence-electron chi connectivity index (χ2n) is 7.48. The first-order valence-electron chi connectivity index (χ1n) is 9.78. The highest BCUT2D eigenvalue weighted by molar-refractivity contribution is 6.30. The van der Waals surface area contributed by atoms with Crippen LogP contribution in [0.2, 0.25) is 5.02 Å². The Hall–Kier alpha value is -1.88. The lowest BCUT2D eigenvalue weighted by Crippen LogP contribution is -2.44. The quantitative estimate of drug-likeness (QED) is 0.645. The third-order valence-corrected chi connectivity index (χ3v) is 5.71. The monoisotopic (exact) mass is 382 g/mol. The molecule has 0 bridgehead atoms. The largest absolute Gasteiger partial charge is 0.323 e. The van der Waals surface area contributed by atoms with E-state index in [9.17, 15) is 0 Å². The van der Waals surface area contributed by atoms with E-state index in [2.05, 4.69) is 57.8 Å². The molecule has 5 heteroatoms. The zero-order chi connectivity index (χ0) is 18.6. The van der Waals surface area contributed by atoms with E-state index in [4.69, 9.17) is 16.6 Å². The van der Waals surface area contributed by atoms with Gasteiger partial charge in [-0.05, 0) is 49.8 Å². The van der Waals surface area contributed by atoms with Gasteiger partial charge in [-0.25, -0.2) is 4.98 Å². The molecular weight excluding hydrogens is 356 g/mol. The third-order valence-electron chi connectivity index (χ3n) is 5.46. The molecule has 142 valence electrons. The van der Waals surface area contributed by atoms with Crippen molar-refractivity contribution in [3.63, 3.8) is 0 Å². The van der Waals surface area contributed by atoms with E-state index in [1.807, 2.05) is 12.1 Å². The molecule has 0 aliphatic carbocycles. The van der Waals surface area contributed by atoms with Gasteiger partial charge in [0.1, 0.15) is 5.82 Å². The van der Waals surface area contributed by atoms with Crippen molar-refractivity contribution in [2.45, 2.75) is 19.4 Å². The van der Waals surface area contributed by atoms with Gasteiger partial charge < -0.3 is 14.4 Å². The third kappa shape index (κ3) is 4.52. The zero-order valence-corrected chi connectivity index (χ0v) is 16.7. The summed E-state index contributed by atoms with van der Waals surface area (Å²) in [6.45, 7) is 6.69. The molecule has 4 nitrogen and oxygen atoms in total. The maximum absolute atomic E-state index is 6.04. The fourth-order valence-electron chi connectivity index (χ4n) is 3.80. The number of halogens is 1. The normalized spacial score (nSPS) is 16.2. The van der Waals surface area contributed by atoms with E-state index in [1.165, 1.54) is 43.1 Å². The van der Waals surface area contributed by atoms with Crippen LogP contribution in [0.3, 0.4) is 0 Å². The van der Waals surface area contributed by atoms with E-state index in [0.717, 1.165) is 36.5 Å². The Morgan fingerprint density at radius 1 is 0.963 bits per heavy atom. The van der Waals surface area contributed by atoms with Gasteiger partial charge in [0, 0.05) is 44.2 Å². The Bertz CT molecular complexity index is 879. The van der Waals surface area contributed by atoms with Crippen molar-refractivity contribution in [3.8, 4) is 0 Å². The molecule has 2 aromatic carbocycles. The van der Waals surface area contributed by atoms with E-state index in [0.29, 0.717) is 0 Å². The molecule has 1 aliphatic heterocycles. The predicted molar refractivity (Wildman–Crippen MR) is 113 cm³/mol. The van der Waals surface area contributed by atoms with E-state index in [1.54, 1.807) is 0 Å². The lowest BCUT2D eigenvalue weighted by atomic mass is 10.2. The average molecular weight is 383 g/mol. The van der Waals surface area contributed by atoms with Crippen molar-refractivity contribution in [2.24, 2.45) is 0 Å². The Labute approximate surface area is 166 Å². The minimum Gasteiger partial charge on any atom is -0.323 e. The molecule has 0 radical (unpaired) electrons. The van der Waals surface area contributed by atoms with Crippen LogP contribution in [0.5, 0.6) is 0 Å². The number of nitrogens with zero attached hydrogens (tertiary/aromatic N) is 4. The molecule has 1 aromatic heterocycles. The summed E-state index contributed by atoms with van der Waals surface area (Å²) in [5.41, 5.74) is 3.55. The van der Waals surface area contributed by atoms with Crippen LogP contribution in [-0.2, 0) is 13.0 Å². The summed E-state index contributed by atoms with van der Waals surface area (Å²) < 4.78 is 2.36. The van der Waals surface area contributed by atoms with Crippen molar-refractivity contribution in [2.75, 3.05) is 39.8 Å². The van der Waals surface area contributed by atoms with Crippen LogP contribution in [0.4, 0.5) is 0 Å². The minimum absolute atomic E-state index is 0.779. The number of aromatic nitrogens is 2. The summed E-state index contributed by atoms with van der Waals surface area (Å²) in [4.78, 5) is 9.91. The molecular formula is C22H27ClN4. The molecule has 3 aromatic rings. The molecule has 1 aliphatic rings. The summed E-state index contributed by atoms with van der Waals surface area (Å²) in [6.07, 6.45) is 2.16. The molecule has 2 heterocycles. The number of piperazine rings is 1. The first kappa shape index (κ1) is 18.5. The number of hydrogen-bond donors (Lipinski definition) is 0. The topological polar surface area (TPSA) is 24.3 Å². The van der Waals surface area contributed by atoms with Crippen molar-refractivity contribution in [1.82, 2.24) is 19.4 Å². The lowest BCUT2D eigenvalue weighted by molar-refractivity contribution is 0.152. The number of likely N-dealkylation sites (N-methyl/N-ethyl adjacent to an activating group) is 1. The van der Waals surface area contributed by atoms with Crippen molar-refractivity contribution in [1.29, 1.82) is 0 Å². The zero-order valence-electron chi connectivity index (χ0n) is 15.9. The molecule has 4 rings (SSSR count). The van der Waals surface area contributed by atoms with Crippen LogP contribution < -0.4 is 0 Å². The highest BCUT2D eigenvalue weighted by atomic mass is 35.5. The van der Waals surface area contributed by atoms with Gasteiger partial charge in [0.15, 0.2) is 0 Å². The van der Waals surface area contributed by atoms with Crippen LogP contribution >= 0.6 is 11.6 Å². The highest BCUT2D eigenvalue weighted by Gasteiger charge is 2.15. The number of fused-ring (bicyclic) bond motifs is 1. The summed E-state index contributed by atoms with van der Waals surface area (Å²) in [5, 5.41) is 0.779. The Kier molecular flexibility index (Phi) is 5.77. The Morgan fingerprint density at radius 3 is 2.48 bits per heavy atom. The van der Waals surface area contributed by atoms with Crippen molar-refractivity contribution in [3.05, 3.63) is 64.9 Å². The van der Waals surface area contributed by atoms with E-state index < -0.39 is 0 Å². The predicted octanol–water partition coefficient (Wildman–Crippen LogP) is 3.92. The molecule has 1 fully saturated rings. The van der Waals surface area contributed by atoms with Gasteiger partial charge >= 0.3 is 0 Å². The molecule has 0 amide bonds. The molecule has 0 unspecified atom stereocenters. The van der Waals surface area contributed by atoms with Crippen LogP contribution in [0.25, 0.3) is 11.0 Å². The van der Waals surface area contributed by atoms with Gasteiger partial charge in [-0.2, -0.15) is 0 Å². The second kappa shape index (κ2) is 8.42. The summed E-state index contributed by atoms with van der Waals surface area (Å²) >= 11 is 6.04. The number of imidazole rings is 1. The van der Waals surface area contributed by atoms with Crippen LogP contribution in [0.15, 0.2) is 48.5 Å². The first-order valence-corrected chi connectivity index (χ1v) is 10.2. The second-order valence-corrected chi connectivity index (χ2v) is 7.91. The Morgan fingerprint density at radius 2 is 1.70 bits per heavy atom. The maximum Gasteiger partial charge on any atom is 0.110 e. The summed E-state index contributed by atoms with van der Waals surface area (Å²) in [5.74, 6) is 1.18. The fraction of sp³-hybridized carbons (Fsp3) is 0.409. The fourth-order valence-corrected chi connectivity index (χ4v) is 3.92. The highest BCUT2D eigenvalue weighted by Crippen LogP contribution is 2.20. The number of rotatable bonds is 6. The van der Waals surface area contributed by atoms with E-state index in [-0.39, 0.29) is 0 Å². The standard InChI is InChI=1S/C22H27ClN4/c1-25-13-15-26(16-14-25)12-4-7-22-24-20-5-2-3-6-21(20)27(22)17-18-8-10-19(23)11-9-18/h2-3,5-6,8-11H,4,7,12-17H2,1H3. The minimum atomic E-state index is 0.779. The average Bonchev–Trinajstić information content (AvgIpc) is 3.03. The van der Waals surface area contributed by atoms with Gasteiger partial charge in [-0.15, -0.1) is 0 Å². The van der Waals surface area contributed by atoms with Gasteiger partial charge in [-0.1, -0.05) is 35.9 Å². The smallest absolute Gasteiger partial charge is 0.110 e. The van der Waals surface area contributed by atoms with Crippen molar-refractivity contribution < 1.29 is 0 Å². The van der Waals surface area contributed by atoms with Crippen LogP contribution in [0.1, 0.15) is 17.8 Å². The molecule has 27 heavy (non-hydrogen) atoms. The van der Waals surface area contributed by atoms with Crippen molar-refractivity contribution >= 4 is 22.6 Å². The van der Waals surface area contributed by atoms with Gasteiger partial charge in [0.2, 0.25) is 0 Å². The van der Waals surface area contributed by atoms with Crippen LogP contribution in [0, 0.1) is 0 Å². The number of aryl methyl sites for hydroxylation is 1. The number of benzene rings is 2. The molecule has 0 atom stereocenters. The summed E-state index contributed by atoms with van der Waals surface area (Å²) in [7, 11) is 2.20. The van der Waals surface area contributed by atoms with Gasteiger partial charge in [0.05, 0.1) is 11.0 Å². The van der Waals surface area contributed by atoms with E-state index >= 15 is 0 Å². The SMILES string of the molecule is CN1CCN(CCCc2nc3ccccc3n2Cc2ccc(Cl)cc2)CC1. The first-order chi connectivity index (χ1) is 13.2.